The molecule has 0 radical (unpaired) electrons. The maximum atomic E-state index is 12.6. The quantitative estimate of drug-likeness (QED) is 0.835. The van der Waals surface area contributed by atoms with Crippen LogP contribution in [0.1, 0.15) is 30.9 Å². The van der Waals surface area contributed by atoms with Gasteiger partial charge in [0.1, 0.15) is 0 Å². The zero-order valence-electron chi connectivity index (χ0n) is 13.7. The van der Waals surface area contributed by atoms with Gasteiger partial charge >= 0.3 is 0 Å². The predicted molar refractivity (Wildman–Crippen MR) is 92.6 cm³/mol. The summed E-state index contributed by atoms with van der Waals surface area (Å²) in [6, 6.07) is 6.47. The fourth-order valence-electron chi connectivity index (χ4n) is 3.29. The molecule has 0 aliphatic carbocycles. The SMILES string of the molecule is CC(=O)N1CCCN(C(=O)Cc2ccc3c(c2)CCCS3)CC1. The second-order valence-corrected chi connectivity index (χ2v) is 7.45. The Hall–Kier alpha value is -1.49. The molecule has 1 aromatic rings. The van der Waals surface area contributed by atoms with E-state index in [-0.39, 0.29) is 11.8 Å². The number of amides is 2. The molecule has 3 rings (SSSR count). The summed E-state index contributed by atoms with van der Waals surface area (Å²) < 4.78 is 0. The lowest BCUT2D eigenvalue weighted by Crippen LogP contribution is -2.37. The summed E-state index contributed by atoms with van der Waals surface area (Å²) >= 11 is 1.92. The summed E-state index contributed by atoms with van der Waals surface area (Å²) in [6.45, 7) is 4.42. The predicted octanol–water partition coefficient (Wildman–Crippen LogP) is 2.35. The molecule has 0 saturated carbocycles. The molecule has 0 N–H and O–H groups in total. The molecular weight excluding hydrogens is 308 g/mol. The van der Waals surface area contributed by atoms with Gasteiger partial charge in [0.2, 0.25) is 11.8 Å². The Morgan fingerprint density at radius 1 is 1.09 bits per heavy atom. The third-order valence-electron chi connectivity index (χ3n) is 4.62. The van der Waals surface area contributed by atoms with Crippen molar-refractivity contribution in [3.05, 3.63) is 29.3 Å². The Kier molecular flexibility index (Phi) is 5.26. The molecule has 2 amide bonds. The minimum absolute atomic E-state index is 0.103. The molecule has 2 heterocycles. The third-order valence-corrected chi connectivity index (χ3v) is 5.82. The smallest absolute Gasteiger partial charge is 0.227 e. The highest BCUT2D eigenvalue weighted by Gasteiger charge is 2.20. The fraction of sp³-hybridized carbons (Fsp3) is 0.556. The standard InChI is InChI=1S/C18H24N2O2S/c1-14(21)19-7-3-8-20(10-9-19)18(22)13-15-5-6-17-16(12-15)4-2-11-23-17/h5-6,12H,2-4,7-11,13H2,1H3. The summed E-state index contributed by atoms with van der Waals surface area (Å²) in [6.07, 6.45) is 3.69. The topological polar surface area (TPSA) is 40.6 Å². The van der Waals surface area contributed by atoms with E-state index in [1.807, 2.05) is 21.6 Å². The van der Waals surface area contributed by atoms with Gasteiger partial charge in [0.15, 0.2) is 0 Å². The van der Waals surface area contributed by atoms with Crippen LogP contribution in [0.15, 0.2) is 23.1 Å². The van der Waals surface area contributed by atoms with Gasteiger partial charge in [-0.1, -0.05) is 12.1 Å². The van der Waals surface area contributed by atoms with Crippen LogP contribution in [0.25, 0.3) is 0 Å². The first kappa shape index (κ1) is 16.4. The van der Waals surface area contributed by atoms with Crippen LogP contribution in [-0.2, 0) is 22.4 Å². The Bertz CT molecular complexity index is 603. The van der Waals surface area contributed by atoms with Gasteiger partial charge in [-0.05, 0) is 42.2 Å². The first-order chi connectivity index (χ1) is 11.1. The largest absolute Gasteiger partial charge is 0.341 e. The number of benzene rings is 1. The highest BCUT2D eigenvalue weighted by atomic mass is 32.2. The van der Waals surface area contributed by atoms with Crippen molar-refractivity contribution < 1.29 is 9.59 Å². The van der Waals surface area contributed by atoms with E-state index >= 15 is 0 Å². The Balaban J connectivity index is 1.61. The van der Waals surface area contributed by atoms with Crippen LogP contribution in [0.5, 0.6) is 0 Å². The molecule has 1 aromatic carbocycles. The Labute approximate surface area is 142 Å². The van der Waals surface area contributed by atoms with E-state index in [0.29, 0.717) is 19.5 Å². The number of hydrogen-bond donors (Lipinski definition) is 0. The number of hydrogen-bond acceptors (Lipinski definition) is 3. The second kappa shape index (κ2) is 7.39. The van der Waals surface area contributed by atoms with Crippen LogP contribution in [-0.4, -0.2) is 53.5 Å². The molecule has 0 aromatic heterocycles. The van der Waals surface area contributed by atoms with Crippen LogP contribution in [0.2, 0.25) is 0 Å². The van der Waals surface area contributed by atoms with Crippen molar-refractivity contribution in [1.29, 1.82) is 0 Å². The first-order valence-electron chi connectivity index (χ1n) is 8.41. The number of fused-ring (bicyclic) bond motifs is 1. The Morgan fingerprint density at radius 3 is 2.70 bits per heavy atom. The monoisotopic (exact) mass is 332 g/mol. The van der Waals surface area contributed by atoms with Crippen molar-refractivity contribution >= 4 is 23.6 Å². The van der Waals surface area contributed by atoms with Crippen molar-refractivity contribution in [2.45, 2.75) is 37.5 Å². The molecule has 0 spiro atoms. The first-order valence-corrected chi connectivity index (χ1v) is 9.40. The average Bonchev–Trinajstić information content (AvgIpc) is 2.81. The van der Waals surface area contributed by atoms with Gasteiger partial charge < -0.3 is 9.80 Å². The molecular formula is C18H24N2O2S. The van der Waals surface area contributed by atoms with E-state index < -0.39 is 0 Å². The van der Waals surface area contributed by atoms with E-state index in [9.17, 15) is 9.59 Å². The summed E-state index contributed by atoms with van der Waals surface area (Å²) in [5, 5.41) is 0. The van der Waals surface area contributed by atoms with E-state index in [1.54, 1.807) is 6.92 Å². The van der Waals surface area contributed by atoms with Crippen molar-refractivity contribution in [2.75, 3.05) is 31.9 Å². The van der Waals surface area contributed by atoms with Crippen LogP contribution < -0.4 is 0 Å². The van der Waals surface area contributed by atoms with Gasteiger partial charge in [-0.25, -0.2) is 0 Å². The molecule has 5 heteroatoms. The minimum atomic E-state index is 0.103. The number of aryl methyl sites for hydroxylation is 1. The van der Waals surface area contributed by atoms with Gasteiger partial charge in [-0.15, -0.1) is 11.8 Å². The number of thioether (sulfide) groups is 1. The highest BCUT2D eigenvalue weighted by Crippen LogP contribution is 2.30. The van der Waals surface area contributed by atoms with Gasteiger partial charge in [0, 0.05) is 38.0 Å². The molecule has 124 valence electrons. The number of carbonyl (C=O) groups is 2. The van der Waals surface area contributed by atoms with Crippen molar-refractivity contribution in [1.82, 2.24) is 9.80 Å². The minimum Gasteiger partial charge on any atom is -0.341 e. The zero-order valence-corrected chi connectivity index (χ0v) is 14.5. The Morgan fingerprint density at radius 2 is 1.87 bits per heavy atom. The number of nitrogens with zero attached hydrogens (tertiary/aromatic N) is 2. The number of carbonyl (C=O) groups excluding carboxylic acids is 2. The molecule has 0 bridgehead atoms. The second-order valence-electron chi connectivity index (χ2n) is 6.31. The normalized spacial score (nSPS) is 18.3. The van der Waals surface area contributed by atoms with Crippen LogP contribution in [0.3, 0.4) is 0 Å². The molecule has 2 aliphatic heterocycles. The molecule has 4 nitrogen and oxygen atoms in total. The fourth-order valence-corrected chi connectivity index (χ4v) is 4.31. The summed E-state index contributed by atoms with van der Waals surface area (Å²) in [7, 11) is 0. The summed E-state index contributed by atoms with van der Waals surface area (Å²) in [4.78, 5) is 29.2. The van der Waals surface area contributed by atoms with Crippen molar-refractivity contribution in [2.24, 2.45) is 0 Å². The third kappa shape index (κ3) is 4.08. The molecule has 2 aliphatic rings. The molecule has 0 atom stereocenters. The molecule has 0 unspecified atom stereocenters. The van der Waals surface area contributed by atoms with Crippen LogP contribution in [0, 0.1) is 0 Å². The zero-order chi connectivity index (χ0) is 16.2. The molecule has 1 fully saturated rings. The van der Waals surface area contributed by atoms with E-state index in [1.165, 1.54) is 22.6 Å². The van der Waals surface area contributed by atoms with E-state index in [0.717, 1.165) is 31.5 Å². The summed E-state index contributed by atoms with van der Waals surface area (Å²) in [5.41, 5.74) is 2.51. The summed E-state index contributed by atoms with van der Waals surface area (Å²) in [5.74, 6) is 1.48. The maximum Gasteiger partial charge on any atom is 0.227 e. The average molecular weight is 332 g/mol. The maximum absolute atomic E-state index is 12.6. The van der Waals surface area contributed by atoms with Gasteiger partial charge in [0.25, 0.3) is 0 Å². The lowest BCUT2D eigenvalue weighted by atomic mass is 10.0. The molecule has 23 heavy (non-hydrogen) atoms. The van der Waals surface area contributed by atoms with Crippen LogP contribution >= 0.6 is 11.8 Å². The highest BCUT2D eigenvalue weighted by molar-refractivity contribution is 7.99. The van der Waals surface area contributed by atoms with Gasteiger partial charge in [-0.2, -0.15) is 0 Å². The van der Waals surface area contributed by atoms with Crippen molar-refractivity contribution in [3.63, 3.8) is 0 Å². The number of rotatable bonds is 2. The molecule has 1 saturated heterocycles. The van der Waals surface area contributed by atoms with Crippen LogP contribution in [0.4, 0.5) is 0 Å². The van der Waals surface area contributed by atoms with E-state index in [2.05, 4.69) is 18.2 Å². The van der Waals surface area contributed by atoms with Gasteiger partial charge in [0.05, 0.1) is 6.42 Å². The lowest BCUT2D eigenvalue weighted by molar-refractivity contribution is -0.132. The van der Waals surface area contributed by atoms with E-state index in [4.69, 9.17) is 0 Å². The van der Waals surface area contributed by atoms with Crippen molar-refractivity contribution in [3.8, 4) is 0 Å². The van der Waals surface area contributed by atoms with Gasteiger partial charge in [-0.3, -0.25) is 9.59 Å². The lowest BCUT2D eigenvalue weighted by Gasteiger charge is -2.22.